The predicted octanol–water partition coefficient (Wildman–Crippen LogP) is 2.98. The number of nitrogens with zero attached hydrogens (tertiary/aromatic N) is 5. The molecule has 0 bridgehead atoms. The van der Waals surface area contributed by atoms with E-state index in [-0.39, 0.29) is 5.25 Å². The summed E-state index contributed by atoms with van der Waals surface area (Å²) in [7, 11) is 0.566. The minimum atomic E-state index is -3.29. The Bertz CT molecular complexity index is 1870. The zero-order valence-electron chi connectivity index (χ0n) is 27.5. The van der Waals surface area contributed by atoms with Gasteiger partial charge in [0.05, 0.1) is 50.7 Å². The number of likely N-dealkylation sites (N-methyl/N-ethyl adjacent to an activating group) is 1. The average molecular weight is 695 g/mol. The smallest absolute Gasteiger partial charge is 0.235 e. The van der Waals surface area contributed by atoms with Gasteiger partial charge < -0.3 is 34.5 Å². The van der Waals surface area contributed by atoms with E-state index in [1.54, 1.807) is 25.6 Å². The first-order chi connectivity index (χ1) is 23.3. The Labute approximate surface area is 286 Å². The van der Waals surface area contributed by atoms with Gasteiger partial charge in [-0.3, -0.25) is 9.62 Å². The van der Waals surface area contributed by atoms with Gasteiger partial charge in [0.1, 0.15) is 5.39 Å². The molecule has 48 heavy (non-hydrogen) atoms. The number of nitrogens with one attached hydrogen (secondary N) is 4. The summed E-state index contributed by atoms with van der Waals surface area (Å²) in [4.78, 5) is 20.9. The highest BCUT2D eigenvalue weighted by Crippen LogP contribution is 2.38. The monoisotopic (exact) mass is 694 g/mol. The fourth-order valence-corrected chi connectivity index (χ4v) is 8.09. The molecule has 1 aliphatic carbocycles. The number of hydrogen-bond donors (Lipinski definition) is 3. The number of aromatic nitrogens is 3. The van der Waals surface area contributed by atoms with Crippen LogP contribution in [0.1, 0.15) is 19.3 Å². The number of fused-ring (bicyclic) bond motifs is 3. The Hall–Kier alpha value is -3.92. The van der Waals surface area contributed by atoms with Crippen LogP contribution in [0.3, 0.4) is 0 Å². The lowest BCUT2D eigenvalue weighted by Crippen LogP contribution is -2.51. The second kappa shape index (κ2) is 13.9. The number of rotatable bonds is 11. The van der Waals surface area contributed by atoms with E-state index in [9.17, 15) is 8.42 Å². The highest BCUT2D eigenvalue weighted by Gasteiger charge is 2.35. The van der Waals surface area contributed by atoms with Crippen LogP contribution in [-0.2, 0) is 10.0 Å². The molecule has 7 rings (SSSR count). The molecule has 1 saturated carbocycles. The molecule has 256 valence electrons. The van der Waals surface area contributed by atoms with Crippen molar-refractivity contribution in [3.8, 4) is 11.5 Å². The second-order valence-corrected chi connectivity index (χ2v) is 15.2. The van der Waals surface area contributed by atoms with Gasteiger partial charge in [0, 0.05) is 55.6 Å². The zero-order chi connectivity index (χ0) is 33.3. The van der Waals surface area contributed by atoms with E-state index in [0.717, 1.165) is 117 Å². The van der Waals surface area contributed by atoms with Crippen LogP contribution < -0.4 is 29.4 Å². The van der Waals surface area contributed by atoms with Crippen LogP contribution in [0.5, 0.6) is 11.5 Å². The van der Waals surface area contributed by atoms with Crippen LogP contribution in [0, 0.1) is 0 Å². The van der Waals surface area contributed by atoms with Crippen molar-refractivity contribution in [3.05, 3.63) is 42.7 Å². The molecule has 4 aromatic rings. The normalized spacial score (nSPS) is 18.0. The van der Waals surface area contributed by atoms with Crippen molar-refractivity contribution in [3.63, 3.8) is 0 Å². The number of benzene rings is 2. The number of anilines is 3. The molecule has 13 nitrogen and oxygen atoms in total. The minimum absolute atomic E-state index is 0.263. The zero-order valence-corrected chi connectivity index (χ0v) is 29.1. The molecule has 2 aromatic heterocycles. The summed E-state index contributed by atoms with van der Waals surface area (Å²) in [5.41, 5.74) is 3.12. The number of ether oxygens (including phenoxy) is 2. The number of H-pyrrole nitrogens is 2. The molecule has 0 spiro atoms. The van der Waals surface area contributed by atoms with Gasteiger partial charge in [-0.15, -0.1) is 0 Å². The predicted molar refractivity (Wildman–Crippen MR) is 193 cm³/mol. The summed E-state index contributed by atoms with van der Waals surface area (Å²) < 4.78 is 39.2. The van der Waals surface area contributed by atoms with Crippen LogP contribution in [-0.4, -0.2) is 123 Å². The molecular formula is C33H44N9O4S2+. The maximum Gasteiger partial charge on any atom is 0.235 e. The van der Waals surface area contributed by atoms with Crippen LogP contribution in [0.4, 0.5) is 17.2 Å². The molecule has 15 heteroatoms. The second-order valence-electron chi connectivity index (χ2n) is 12.8. The van der Waals surface area contributed by atoms with Crippen LogP contribution in [0.15, 0.2) is 42.7 Å². The molecule has 2 saturated heterocycles. The summed E-state index contributed by atoms with van der Waals surface area (Å²) in [6.45, 7) is 9.10. The van der Waals surface area contributed by atoms with E-state index in [1.165, 1.54) is 0 Å². The Balaban J connectivity index is 0.977. The summed E-state index contributed by atoms with van der Waals surface area (Å²) in [6.07, 6.45) is 4.14. The van der Waals surface area contributed by atoms with Gasteiger partial charge in [-0.05, 0) is 68.9 Å². The third-order valence-electron chi connectivity index (χ3n) is 9.41. The molecule has 0 unspecified atom stereocenters. The lowest BCUT2D eigenvalue weighted by Gasteiger charge is -2.34. The fourth-order valence-electron chi connectivity index (χ4n) is 6.40. The van der Waals surface area contributed by atoms with E-state index in [0.29, 0.717) is 23.2 Å². The van der Waals surface area contributed by atoms with E-state index in [2.05, 4.69) is 51.6 Å². The Morgan fingerprint density at radius 3 is 2.46 bits per heavy atom. The van der Waals surface area contributed by atoms with Crippen molar-refractivity contribution in [1.82, 2.24) is 24.7 Å². The number of methoxy groups -OCH3 is 1. The lowest BCUT2D eigenvalue weighted by atomic mass is 10.1. The topological polar surface area (TPSA) is 132 Å². The molecule has 3 aliphatic rings. The number of sulfonamides is 1. The molecular weight excluding hydrogens is 651 g/mol. The maximum absolute atomic E-state index is 12.2. The number of hydrogen-bond acceptors (Lipinski definition) is 9. The Morgan fingerprint density at radius 2 is 1.75 bits per heavy atom. The number of piperazine rings is 2. The highest BCUT2D eigenvalue weighted by molar-refractivity contribution is 7.93. The van der Waals surface area contributed by atoms with Crippen LogP contribution >= 0.6 is 12.2 Å². The number of thiocarbonyl (C=S) groups is 1. The third kappa shape index (κ3) is 7.23. The Kier molecular flexibility index (Phi) is 9.45. The molecule has 3 fully saturated rings. The van der Waals surface area contributed by atoms with Crippen molar-refractivity contribution in [2.75, 3.05) is 94.6 Å². The SMILES string of the molecule is COc1cc2c(cc1OCCCN1CCN(C)CC1)[nH]c1nc[nH+]c(N3CCN(C(=S)Nc4ccc(NS(=O)(=O)C5CC5)cc4)CC3)c12. The van der Waals surface area contributed by atoms with Gasteiger partial charge in [0.15, 0.2) is 16.6 Å². The fraction of sp³-hybridized carbons (Fsp3) is 0.485. The summed E-state index contributed by atoms with van der Waals surface area (Å²) in [5.74, 6) is 2.42. The molecule has 4 N–H and O–H groups in total. The molecule has 0 amide bonds. The minimum Gasteiger partial charge on any atom is -0.493 e. The van der Waals surface area contributed by atoms with Crippen molar-refractivity contribution < 1.29 is 22.9 Å². The molecule has 0 radical (unpaired) electrons. The van der Waals surface area contributed by atoms with Crippen molar-refractivity contribution in [2.24, 2.45) is 0 Å². The summed E-state index contributed by atoms with van der Waals surface area (Å²) in [5, 5.41) is 5.71. The Morgan fingerprint density at radius 1 is 1.02 bits per heavy atom. The van der Waals surface area contributed by atoms with Crippen LogP contribution in [0.25, 0.3) is 21.9 Å². The van der Waals surface area contributed by atoms with Crippen molar-refractivity contribution >= 4 is 66.5 Å². The standard InChI is InChI=1S/C33H43N9O4S2/c1-39-11-13-40(14-12-39)10-3-19-46-29-21-27-26(20-28(29)45-2)30-31(37-27)34-22-35-32(30)41-15-17-42(18-16-41)33(47)36-23-4-6-24(7-5-23)38-48(43,44)25-8-9-25/h4-7,20-22,25,38H,3,8-19H2,1-2H3,(H,36,47)(H,34,35,37)/p+1. The molecule has 2 aromatic carbocycles. The van der Waals surface area contributed by atoms with Gasteiger partial charge >= 0.3 is 0 Å². The van der Waals surface area contributed by atoms with Gasteiger partial charge in [-0.2, -0.15) is 0 Å². The number of aromatic amines is 2. The van der Waals surface area contributed by atoms with Crippen molar-refractivity contribution in [1.29, 1.82) is 0 Å². The first kappa shape index (κ1) is 32.6. The van der Waals surface area contributed by atoms with Gasteiger partial charge in [0.2, 0.25) is 27.8 Å². The lowest BCUT2D eigenvalue weighted by molar-refractivity contribution is -0.367. The van der Waals surface area contributed by atoms with Crippen LogP contribution in [0.2, 0.25) is 0 Å². The summed E-state index contributed by atoms with van der Waals surface area (Å²) >= 11 is 5.75. The average Bonchev–Trinajstić information content (AvgIpc) is 3.90. The first-order valence-electron chi connectivity index (χ1n) is 16.6. The largest absolute Gasteiger partial charge is 0.493 e. The highest BCUT2D eigenvalue weighted by atomic mass is 32.2. The molecule has 4 heterocycles. The van der Waals surface area contributed by atoms with Crippen molar-refractivity contribution in [2.45, 2.75) is 24.5 Å². The van der Waals surface area contributed by atoms with Gasteiger partial charge in [0.25, 0.3) is 0 Å². The van der Waals surface area contributed by atoms with Gasteiger partial charge in [-0.25, -0.2) is 13.4 Å². The van der Waals surface area contributed by atoms with Gasteiger partial charge in [-0.1, -0.05) is 4.98 Å². The molecule has 2 aliphatic heterocycles. The molecule has 0 atom stereocenters. The quantitative estimate of drug-likeness (QED) is 0.158. The van der Waals surface area contributed by atoms with E-state index in [4.69, 9.17) is 21.7 Å². The third-order valence-corrected chi connectivity index (χ3v) is 11.6. The maximum atomic E-state index is 12.2. The van der Waals surface area contributed by atoms with E-state index < -0.39 is 10.0 Å². The van der Waals surface area contributed by atoms with E-state index in [1.807, 2.05) is 24.3 Å². The summed E-state index contributed by atoms with van der Waals surface area (Å²) in [6, 6.07) is 11.3. The van der Waals surface area contributed by atoms with E-state index >= 15 is 0 Å². The first-order valence-corrected chi connectivity index (χ1v) is 18.6.